The van der Waals surface area contributed by atoms with Crippen LogP contribution >= 0.6 is 0 Å². The molecule has 0 bridgehead atoms. The second kappa shape index (κ2) is 9.47. The van der Waals surface area contributed by atoms with Crippen LogP contribution in [-0.2, 0) is 25.1 Å². The highest BCUT2D eigenvalue weighted by Gasteiger charge is 2.22. The maximum Gasteiger partial charge on any atom is 0.278 e. The minimum atomic E-state index is -1.16. The topological polar surface area (TPSA) is 123 Å². The minimum Gasteiger partial charge on any atom is -0.384 e. The summed E-state index contributed by atoms with van der Waals surface area (Å²) in [5.41, 5.74) is 3.63. The summed E-state index contributed by atoms with van der Waals surface area (Å²) in [6, 6.07) is 17.2. The number of pyridine rings is 2. The Labute approximate surface area is 219 Å². The van der Waals surface area contributed by atoms with Gasteiger partial charge in [-0.15, -0.1) is 0 Å². The molecule has 0 fully saturated rings. The first kappa shape index (κ1) is 24.0. The number of hydrogen-bond acceptors (Lipinski definition) is 8. The molecule has 0 atom stereocenters. The van der Waals surface area contributed by atoms with Crippen molar-refractivity contribution in [2.75, 3.05) is 11.9 Å². The molecular weight excluding hydrogens is 480 g/mol. The van der Waals surface area contributed by atoms with E-state index < -0.39 is 5.60 Å². The highest BCUT2D eigenvalue weighted by Crippen LogP contribution is 2.24. The van der Waals surface area contributed by atoms with Crippen LogP contribution in [0.4, 0.5) is 11.6 Å². The monoisotopic (exact) mass is 508 g/mol. The number of rotatable bonds is 6. The molecule has 38 heavy (non-hydrogen) atoms. The summed E-state index contributed by atoms with van der Waals surface area (Å²) in [6.07, 6.45) is 4.24. The third kappa shape index (κ3) is 4.55. The summed E-state index contributed by atoms with van der Waals surface area (Å²) in [4.78, 5) is 31.9. The fourth-order valence-corrected chi connectivity index (χ4v) is 4.68. The second-order valence-electron chi connectivity index (χ2n) is 9.90. The molecule has 1 aromatic carbocycles. The van der Waals surface area contributed by atoms with Gasteiger partial charge >= 0.3 is 0 Å². The molecule has 5 aromatic rings. The van der Waals surface area contributed by atoms with Crippen molar-refractivity contribution in [1.29, 1.82) is 0 Å². The zero-order valence-corrected chi connectivity index (χ0v) is 21.2. The number of hydrogen-bond donors (Lipinski definition) is 3. The minimum absolute atomic E-state index is 0.213. The molecule has 3 N–H and O–H groups in total. The van der Waals surface area contributed by atoms with Gasteiger partial charge in [0.05, 0.1) is 17.9 Å². The molecule has 4 aromatic heterocycles. The average molecular weight is 509 g/mol. The van der Waals surface area contributed by atoms with Crippen molar-refractivity contribution in [3.05, 3.63) is 99.9 Å². The highest BCUT2D eigenvalue weighted by atomic mass is 16.3. The van der Waals surface area contributed by atoms with Gasteiger partial charge in [-0.25, -0.2) is 19.3 Å². The second-order valence-corrected chi connectivity index (χ2v) is 9.90. The van der Waals surface area contributed by atoms with Gasteiger partial charge in [-0.05, 0) is 74.3 Å². The van der Waals surface area contributed by atoms with E-state index in [2.05, 4.69) is 37.7 Å². The molecule has 0 spiro atoms. The van der Waals surface area contributed by atoms with Crippen molar-refractivity contribution in [2.24, 2.45) is 0 Å². The number of nitrogens with one attached hydrogen (secondary N) is 2. The number of anilines is 2. The zero-order chi connectivity index (χ0) is 26.3. The quantitative estimate of drug-likeness (QED) is 0.320. The SMILES string of the molecule is CC(C)(O)c1cccc(-n2c3nc(Nc4ccc5c(c4)CNCC5)ncc3c(=O)n2Cc2ccccn2)n1. The smallest absolute Gasteiger partial charge is 0.278 e. The Morgan fingerprint density at radius 2 is 1.95 bits per heavy atom. The van der Waals surface area contributed by atoms with Gasteiger partial charge < -0.3 is 15.7 Å². The van der Waals surface area contributed by atoms with E-state index in [4.69, 9.17) is 4.98 Å². The van der Waals surface area contributed by atoms with Crippen molar-refractivity contribution in [3.63, 3.8) is 0 Å². The van der Waals surface area contributed by atoms with Gasteiger partial charge in [-0.3, -0.25) is 9.78 Å². The van der Waals surface area contributed by atoms with Gasteiger partial charge in [0.25, 0.3) is 5.56 Å². The summed E-state index contributed by atoms with van der Waals surface area (Å²) in [7, 11) is 0. The predicted octanol–water partition coefficient (Wildman–Crippen LogP) is 3.04. The maximum atomic E-state index is 13.6. The van der Waals surface area contributed by atoms with E-state index in [9.17, 15) is 9.90 Å². The Bertz CT molecular complexity index is 1690. The molecule has 0 aliphatic carbocycles. The normalized spacial score (nSPS) is 13.4. The molecule has 192 valence electrons. The molecule has 0 unspecified atom stereocenters. The van der Waals surface area contributed by atoms with Crippen LogP contribution in [0.2, 0.25) is 0 Å². The van der Waals surface area contributed by atoms with Crippen LogP contribution in [0.3, 0.4) is 0 Å². The molecule has 10 heteroatoms. The molecule has 0 radical (unpaired) electrons. The summed E-state index contributed by atoms with van der Waals surface area (Å²) in [6.45, 7) is 5.36. The van der Waals surface area contributed by atoms with Gasteiger partial charge in [0.1, 0.15) is 11.0 Å². The molecule has 10 nitrogen and oxygen atoms in total. The van der Waals surface area contributed by atoms with Gasteiger partial charge in [-0.2, -0.15) is 4.98 Å². The lowest BCUT2D eigenvalue weighted by molar-refractivity contribution is 0.0738. The van der Waals surface area contributed by atoms with E-state index in [0.717, 1.165) is 25.2 Å². The number of benzene rings is 1. The van der Waals surface area contributed by atoms with E-state index >= 15 is 0 Å². The molecule has 0 amide bonds. The van der Waals surface area contributed by atoms with Crippen LogP contribution in [0.25, 0.3) is 16.9 Å². The first-order chi connectivity index (χ1) is 18.4. The van der Waals surface area contributed by atoms with Gasteiger partial charge in [0.2, 0.25) is 5.95 Å². The van der Waals surface area contributed by atoms with Crippen LogP contribution < -0.4 is 16.2 Å². The number of aromatic nitrogens is 6. The molecule has 1 aliphatic rings. The van der Waals surface area contributed by atoms with Gasteiger partial charge in [0.15, 0.2) is 11.5 Å². The van der Waals surface area contributed by atoms with Crippen molar-refractivity contribution in [1.82, 2.24) is 34.6 Å². The molecule has 0 saturated carbocycles. The van der Waals surface area contributed by atoms with Crippen LogP contribution in [0.1, 0.15) is 36.4 Å². The number of nitrogens with zero attached hydrogens (tertiary/aromatic N) is 6. The lowest BCUT2D eigenvalue weighted by atomic mass is 10.0. The van der Waals surface area contributed by atoms with Crippen molar-refractivity contribution >= 4 is 22.7 Å². The standard InChI is InChI=1S/C28H28N8O2/c1-28(2,38)23-7-5-8-24(33-23)36-25-22(26(37)35(36)17-21-6-3-4-12-30-21)16-31-27(34-25)32-20-10-9-18-11-13-29-15-19(18)14-20/h3-10,12,14,16,29,38H,11,13,15,17H2,1-2H3,(H,31,32,34). The first-order valence-corrected chi connectivity index (χ1v) is 12.5. The average Bonchev–Trinajstić information content (AvgIpc) is 3.19. The van der Waals surface area contributed by atoms with E-state index in [1.807, 2.05) is 24.3 Å². The van der Waals surface area contributed by atoms with Crippen molar-refractivity contribution in [2.45, 2.75) is 39.0 Å². The largest absolute Gasteiger partial charge is 0.384 e. The van der Waals surface area contributed by atoms with E-state index in [-0.39, 0.29) is 12.1 Å². The highest BCUT2D eigenvalue weighted by molar-refractivity contribution is 5.77. The Hall–Kier alpha value is -4.41. The van der Waals surface area contributed by atoms with Gasteiger partial charge in [-0.1, -0.05) is 18.2 Å². The van der Waals surface area contributed by atoms with Crippen molar-refractivity contribution < 1.29 is 5.11 Å². The fraction of sp³-hybridized carbons (Fsp3) is 0.250. The summed E-state index contributed by atoms with van der Waals surface area (Å²) < 4.78 is 3.22. The predicted molar refractivity (Wildman–Crippen MR) is 145 cm³/mol. The van der Waals surface area contributed by atoms with Crippen LogP contribution in [0.5, 0.6) is 0 Å². The van der Waals surface area contributed by atoms with Crippen LogP contribution in [0, 0.1) is 0 Å². The van der Waals surface area contributed by atoms with Crippen LogP contribution in [-0.4, -0.2) is 41.0 Å². The Morgan fingerprint density at radius 3 is 2.76 bits per heavy atom. The maximum absolute atomic E-state index is 13.6. The van der Waals surface area contributed by atoms with E-state index in [1.54, 1.807) is 47.6 Å². The number of fused-ring (bicyclic) bond motifs is 2. The third-order valence-corrected chi connectivity index (χ3v) is 6.64. The van der Waals surface area contributed by atoms with E-state index in [0.29, 0.717) is 34.2 Å². The van der Waals surface area contributed by atoms with Crippen LogP contribution in [0.15, 0.2) is 71.8 Å². The molecule has 1 aliphatic heterocycles. The molecular formula is C28H28N8O2. The third-order valence-electron chi connectivity index (χ3n) is 6.64. The van der Waals surface area contributed by atoms with Crippen molar-refractivity contribution in [3.8, 4) is 5.82 Å². The fourth-order valence-electron chi connectivity index (χ4n) is 4.68. The summed E-state index contributed by atoms with van der Waals surface area (Å²) in [5, 5.41) is 17.6. The number of aliphatic hydroxyl groups is 1. The van der Waals surface area contributed by atoms with E-state index in [1.165, 1.54) is 17.3 Å². The molecule has 5 heterocycles. The first-order valence-electron chi connectivity index (χ1n) is 12.5. The lowest BCUT2D eigenvalue weighted by Crippen LogP contribution is -2.25. The van der Waals surface area contributed by atoms with Gasteiger partial charge in [0, 0.05) is 24.6 Å². The Balaban J connectivity index is 1.48. The molecule has 0 saturated heterocycles. The zero-order valence-electron chi connectivity index (χ0n) is 21.2. The Kier molecular flexibility index (Phi) is 5.97. The Morgan fingerprint density at radius 1 is 1.05 bits per heavy atom. The molecule has 6 rings (SSSR count). The lowest BCUT2D eigenvalue weighted by Gasteiger charge is -2.19. The summed E-state index contributed by atoms with van der Waals surface area (Å²) in [5.74, 6) is 0.820. The summed E-state index contributed by atoms with van der Waals surface area (Å²) >= 11 is 0.